The molecule has 10 heteroatoms. The molecule has 1 aliphatic rings. The summed E-state index contributed by atoms with van der Waals surface area (Å²) in [7, 11) is -2.39. The average molecular weight is 420 g/mol. The Bertz CT molecular complexity index is 1210. The fourth-order valence-corrected chi connectivity index (χ4v) is 5.18. The van der Waals surface area contributed by atoms with Crippen LogP contribution >= 0.6 is 0 Å². The van der Waals surface area contributed by atoms with E-state index in [4.69, 9.17) is 4.74 Å². The molecule has 4 rings (SSSR count). The van der Waals surface area contributed by atoms with Crippen LogP contribution in [-0.2, 0) is 16.6 Å². The van der Waals surface area contributed by atoms with Gasteiger partial charge in [0.15, 0.2) is 17.2 Å². The molecule has 1 aliphatic heterocycles. The number of sulfonamides is 1. The SMILES string of the molecule is COc1ccc(Cn2nc3c(S(=O)(=O)N4CCCCC4)cccn3c2=O)cc1F. The minimum atomic E-state index is -3.76. The molecule has 29 heavy (non-hydrogen) atoms. The van der Waals surface area contributed by atoms with Gasteiger partial charge in [0.05, 0.1) is 13.7 Å². The highest BCUT2D eigenvalue weighted by Gasteiger charge is 2.29. The van der Waals surface area contributed by atoms with E-state index in [2.05, 4.69) is 5.10 Å². The van der Waals surface area contributed by atoms with Crippen molar-refractivity contribution < 1.29 is 17.5 Å². The van der Waals surface area contributed by atoms with Crippen LogP contribution in [0.2, 0.25) is 0 Å². The van der Waals surface area contributed by atoms with Gasteiger partial charge < -0.3 is 4.74 Å². The molecule has 2 aromatic heterocycles. The lowest BCUT2D eigenvalue weighted by Crippen LogP contribution is -2.35. The average Bonchev–Trinajstić information content (AvgIpc) is 3.04. The first-order valence-corrected chi connectivity index (χ1v) is 10.8. The summed E-state index contributed by atoms with van der Waals surface area (Å²) >= 11 is 0. The summed E-state index contributed by atoms with van der Waals surface area (Å²) in [4.78, 5) is 12.7. The van der Waals surface area contributed by atoms with Gasteiger partial charge >= 0.3 is 5.69 Å². The zero-order chi connectivity index (χ0) is 20.6. The lowest BCUT2D eigenvalue weighted by atomic mass is 10.2. The van der Waals surface area contributed by atoms with E-state index in [1.165, 1.54) is 46.3 Å². The number of piperidine rings is 1. The van der Waals surface area contributed by atoms with Crippen molar-refractivity contribution in [3.63, 3.8) is 0 Å². The molecule has 1 saturated heterocycles. The van der Waals surface area contributed by atoms with Crippen LogP contribution in [0.3, 0.4) is 0 Å². The van der Waals surface area contributed by atoms with E-state index in [0.717, 1.165) is 23.9 Å². The largest absolute Gasteiger partial charge is 0.494 e. The van der Waals surface area contributed by atoms with Crippen LogP contribution < -0.4 is 10.4 Å². The van der Waals surface area contributed by atoms with Crippen molar-refractivity contribution in [2.75, 3.05) is 20.2 Å². The Balaban J connectivity index is 1.75. The number of hydrogen-bond acceptors (Lipinski definition) is 5. The molecule has 0 amide bonds. The van der Waals surface area contributed by atoms with Gasteiger partial charge in [-0.05, 0) is 42.7 Å². The quantitative estimate of drug-likeness (QED) is 0.629. The van der Waals surface area contributed by atoms with Crippen molar-refractivity contribution >= 4 is 15.7 Å². The van der Waals surface area contributed by atoms with Crippen LogP contribution in [0.1, 0.15) is 24.8 Å². The summed E-state index contributed by atoms with van der Waals surface area (Å²) in [5.41, 5.74) is 0.0817. The number of aromatic nitrogens is 3. The van der Waals surface area contributed by atoms with E-state index in [1.54, 1.807) is 6.07 Å². The van der Waals surface area contributed by atoms with Crippen molar-refractivity contribution in [1.29, 1.82) is 0 Å². The van der Waals surface area contributed by atoms with Crippen molar-refractivity contribution in [3.8, 4) is 5.75 Å². The second kappa shape index (κ2) is 7.60. The molecular formula is C19H21FN4O4S. The van der Waals surface area contributed by atoms with Crippen molar-refractivity contribution in [2.45, 2.75) is 30.7 Å². The number of ether oxygens (including phenoxy) is 1. The number of pyridine rings is 1. The van der Waals surface area contributed by atoms with Gasteiger partial charge in [0.2, 0.25) is 10.0 Å². The number of methoxy groups -OCH3 is 1. The smallest absolute Gasteiger partial charge is 0.350 e. The number of rotatable bonds is 5. The van der Waals surface area contributed by atoms with Gasteiger partial charge in [-0.15, -0.1) is 5.10 Å². The Morgan fingerprint density at radius 3 is 2.62 bits per heavy atom. The monoisotopic (exact) mass is 420 g/mol. The minimum Gasteiger partial charge on any atom is -0.494 e. The highest BCUT2D eigenvalue weighted by Crippen LogP contribution is 2.23. The molecule has 0 atom stereocenters. The molecule has 0 unspecified atom stereocenters. The third-order valence-corrected chi connectivity index (χ3v) is 6.97. The third kappa shape index (κ3) is 3.53. The van der Waals surface area contributed by atoms with E-state index < -0.39 is 21.5 Å². The summed E-state index contributed by atoms with van der Waals surface area (Å²) in [6, 6.07) is 7.34. The fraction of sp³-hybridized carbons (Fsp3) is 0.368. The van der Waals surface area contributed by atoms with Gasteiger partial charge in [-0.2, -0.15) is 4.31 Å². The third-order valence-electron chi connectivity index (χ3n) is 5.06. The van der Waals surface area contributed by atoms with Gasteiger partial charge in [-0.25, -0.2) is 26.7 Å². The number of hydrogen-bond donors (Lipinski definition) is 0. The Hall–Kier alpha value is -2.72. The molecule has 0 radical (unpaired) electrons. The maximum absolute atomic E-state index is 14.0. The molecule has 0 N–H and O–H groups in total. The van der Waals surface area contributed by atoms with E-state index in [0.29, 0.717) is 18.7 Å². The molecule has 1 fully saturated rings. The maximum Gasteiger partial charge on any atom is 0.350 e. The second-order valence-electron chi connectivity index (χ2n) is 6.94. The van der Waals surface area contributed by atoms with Crippen LogP contribution in [0, 0.1) is 5.82 Å². The Morgan fingerprint density at radius 1 is 1.17 bits per heavy atom. The predicted octanol–water partition coefficient (Wildman–Crippen LogP) is 1.87. The Morgan fingerprint density at radius 2 is 1.93 bits per heavy atom. The lowest BCUT2D eigenvalue weighted by molar-refractivity contribution is 0.347. The zero-order valence-electron chi connectivity index (χ0n) is 15.9. The van der Waals surface area contributed by atoms with E-state index in [9.17, 15) is 17.6 Å². The van der Waals surface area contributed by atoms with Gasteiger partial charge in [0.1, 0.15) is 4.90 Å². The summed E-state index contributed by atoms with van der Waals surface area (Å²) < 4.78 is 48.8. The molecule has 0 saturated carbocycles. The van der Waals surface area contributed by atoms with Gasteiger partial charge in [-0.3, -0.25) is 0 Å². The van der Waals surface area contributed by atoms with Crippen molar-refractivity contribution in [1.82, 2.24) is 18.5 Å². The maximum atomic E-state index is 14.0. The van der Waals surface area contributed by atoms with Gasteiger partial charge in [0.25, 0.3) is 0 Å². The van der Waals surface area contributed by atoms with E-state index in [-0.39, 0.29) is 22.8 Å². The Kier molecular flexibility index (Phi) is 5.13. The molecule has 3 aromatic rings. The topological polar surface area (TPSA) is 85.9 Å². The van der Waals surface area contributed by atoms with Crippen LogP contribution in [0.15, 0.2) is 46.2 Å². The van der Waals surface area contributed by atoms with Crippen molar-refractivity contribution in [2.24, 2.45) is 0 Å². The number of benzene rings is 1. The van der Waals surface area contributed by atoms with E-state index >= 15 is 0 Å². The highest BCUT2D eigenvalue weighted by atomic mass is 32.2. The first-order chi connectivity index (χ1) is 13.9. The molecule has 1 aromatic carbocycles. The summed E-state index contributed by atoms with van der Waals surface area (Å²) in [5, 5.41) is 4.25. The second-order valence-corrected chi connectivity index (χ2v) is 8.85. The number of halogens is 1. The first kappa shape index (κ1) is 19.6. The summed E-state index contributed by atoms with van der Waals surface area (Å²) in [6.07, 6.45) is 4.10. The normalized spacial score (nSPS) is 15.7. The summed E-state index contributed by atoms with van der Waals surface area (Å²) in [6.45, 7) is 0.920. The van der Waals surface area contributed by atoms with Gasteiger partial charge in [-0.1, -0.05) is 12.5 Å². The number of fused-ring (bicyclic) bond motifs is 1. The van der Waals surface area contributed by atoms with Crippen LogP contribution in [0.5, 0.6) is 5.75 Å². The first-order valence-electron chi connectivity index (χ1n) is 9.32. The zero-order valence-corrected chi connectivity index (χ0v) is 16.7. The molecular weight excluding hydrogens is 399 g/mol. The molecule has 0 spiro atoms. The van der Waals surface area contributed by atoms with Gasteiger partial charge in [0, 0.05) is 19.3 Å². The molecule has 0 aliphatic carbocycles. The van der Waals surface area contributed by atoms with Crippen molar-refractivity contribution in [3.05, 3.63) is 58.4 Å². The van der Waals surface area contributed by atoms with Crippen LogP contribution in [0.25, 0.3) is 5.65 Å². The molecule has 154 valence electrons. The molecule has 8 nitrogen and oxygen atoms in total. The summed E-state index contributed by atoms with van der Waals surface area (Å²) in [5.74, 6) is -0.443. The predicted molar refractivity (Wildman–Crippen MR) is 104 cm³/mol. The lowest BCUT2D eigenvalue weighted by Gasteiger charge is -2.25. The van der Waals surface area contributed by atoms with Crippen LogP contribution in [0.4, 0.5) is 4.39 Å². The van der Waals surface area contributed by atoms with E-state index in [1.807, 2.05) is 0 Å². The standard InChI is InChI=1S/C19H21FN4O4S/c1-28-16-8-7-14(12-15(16)20)13-24-19(25)23-11-5-6-17(18(23)21-24)29(26,27)22-9-3-2-4-10-22/h5-8,11-12H,2-4,9-10,13H2,1H3. The fourth-order valence-electron chi connectivity index (χ4n) is 3.54. The minimum absolute atomic E-state index is 0.00124. The van der Waals surface area contributed by atoms with Crippen LogP contribution in [-0.4, -0.2) is 47.1 Å². The molecule has 3 heterocycles. The Labute approximate surface area is 167 Å². The highest BCUT2D eigenvalue weighted by molar-refractivity contribution is 7.89. The number of nitrogens with zero attached hydrogens (tertiary/aromatic N) is 4. The molecule has 0 bridgehead atoms.